The fraction of sp³-hybridized carbons (Fsp3) is 0.500. The third kappa shape index (κ3) is 2.70. The Balaban J connectivity index is 1.98. The van der Waals surface area contributed by atoms with Gasteiger partial charge in [0, 0.05) is 38.5 Å². The number of nitrogens with zero attached hydrogens (tertiary/aromatic N) is 1. The first-order chi connectivity index (χ1) is 7.40. The van der Waals surface area contributed by atoms with Crippen LogP contribution < -0.4 is 10.2 Å². The molecule has 15 heavy (non-hydrogen) atoms. The molecular weight excluding hydrogens is 188 g/mol. The van der Waals surface area contributed by atoms with E-state index in [-0.39, 0.29) is 0 Å². The summed E-state index contributed by atoms with van der Waals surface area (Å²) in [6, 6.07) is 11.0. The Bertz CT molecular complexity index is 287. The fourth-order valence-electron chi connectivity index (χ4n) is 2.01. The van der Waals surface area contributed by atoms with Crippen molar-refractivity contribution in [1.29, 1.82) is 0 Å². The Labute approximate surface area is 91.0 Å². The minimum Gasteiger partial charge on any atom is -0.383 e. The predicted octanol–water partition coefficient (Wildman–Crippen LogP) is 1.11. The van der Waals surface area contributed by atoms with Crippen molar-refractivity contribution in [2.75, 3.05) is 38.3 Å². The van der Waals surface area contributed by atoms with Crippen LogP contribution in [-0.4, -0.2) is 39.4 Å². The molecule has 0 radical (unpaired) electrons. The van der Waals surface area contributed by atoms with E-state index in [1.807, 2.05) is 0 Å². The summed E-state index contributed by atoms with van der Waals surface area (Å²) in [4.78, 5) is 2.40. The molecule has 0 aromatic heterocycles. The van der Waals surface area contributed by atoms with E-state index in [4.69, 9.17) is 4.74 Å². The number of methoxy groups -OCH3 is 1. The summed E-state index contributed by atoms with van der Waals surface area (Å²) < 4.78 is 5.18. The number of nitrogens with one attached hydrogen (secondary N) is 1. The third-order valence-corrected chi connectivity index (χ3v) is 2.74. The quantitative estimate of drug-likeness (QED) is 0.802. The van der Waals surface area contributed by atoms with Crippen molar-refractivity contribution in [2.24, 2.45) is 0 Å². The largest absolute Gasteiger partial charge is 0.383 e. The first kappa shape index (κ1) is 10.5. The Kier molecular flexibility index (Phi) is 3.59. The lowest BCUT2D eigenvalue weighted by Crippen LogP contribution is -2.52. The second-order valence-corrected chi connectivity index (χ2v) is 3.89. The second-order valence-electron chi connectivity index (χ2n) is 3.89. The van der Waals surface area contributed by atoms with Crippen LogP contribution in [-0.2, 0) is 4.74 Å². The van der Waals surface area contributed by atoms with Crippen LogP contribution in [0.15, 0.2) is 30.3 Å². The van der Waals surface area contributed by atoms with E-state index in [0.717, 1.165) is 26.2 Å². The second kappa shape index (κ2) is 5.14. The average molecular weight is 206 g/mol. The Morgan fingerprint density at radius 1 is 1.40 bits per heavy atom. The summed E-state index contributed by atoms with van der Waals surface area (Å²) >= 11 is 0. The van der Waals surface area contributed by atoms with Crippen molar-refractivity contribution in [3.8, 4) is 0 Å². The van der Waals surface area contributed by atoms with Crippen LogP contribution in [0.25, 0.3) is 0 Å². The molecular formula is C12H18N2O. The number of ether oxygens (including phenoxy) is 1. The number of hydrogen-bond donors (Lipinski definition) is 1. The van der Waals surface area contributed by atoms with Gasteiger partial charge in [-0.1, -0.05) is 18.2 Å². The molecule has 1 aliphatic heterocycles. The molecule has 1 aliphatic rings. The molecule has 0 bridgehead atoms. The molecule has 1 aromatic rings. The van der Waals surface area contributed by atoms with Crippen molar-refractivity contribution in [3.63, 3.8) is 0 Å². The van der Waals surface area contributed by atoms with Gasteiger partial charge >= 0.3 is 0 Å². The van der Waals surface area contributed by atoms with Gasteiger partial charge in [0.05, 0.1) is 6.61 Å². The normalized spacial score (nSPS) is 21.7. The molecule has 1 fully saturated rings. The van der Waals surface area contributed by atoms with Gasteiger partial charge in [0.2, 0.25) is 0 Å². The zero-order valence-electron chi connectivity index (χ0n) is 9.15. The number of anilines is 1. The molecule has 1 heterocycles. The Hall–Kier alpha value is -1.06. The Morgan fingerprint density at radius 2 is 2.20 bits per heavy atom. The molecule has 2 rings (SSSR count). The molecule has 1 N–H and O–H groups in total. The summed E-state index contributed by atoms with van der Waals surface area (Å²) in [5.74, 6) is 0. The molecule has 0 spiro atoms. The number of piperazine rings is 1. The topological polar surface area (TPSA) is 24.5 Å². The molecule has 0 saturated carbocycles. The zero-order chi connectivity index (χ0) is 10.5. The number of benzene rings is 1. The highest BCUT2D eigenvalue weighted by Crippen LogP contribution is 2.14. The summed E-state index contributed by atoms with van der Waals surface area (Å²) in [7, 11) is 1.75. The van der Waals surface area contributed by atoms with Crippen molar-refractivity contribution in [3.05, 3.63) is 30.3 Å². The first-order valence-electron chi connectivity index (χ1n) is 5.42. The van der Waals surface area contributed by atoms with Crippen LogP contribution >= 0.6 is 0 Å². The van der Waals surface area contributed by atoms with Crippen LogP contribution in [0.5, 0.6) is 0 Å². The molecule has 0 aliphatic carbocycles. The molecule has 0 amide bonds. The van der Waals surface area contributed by atoms with E-state index in [2.05, 4.69) is 40.5 Å². The highest BCUT2D eigenvalue weighted by Gasteiger charge is 2.18. The lowest BCUT2D eigenvalue weighted by atomic mass is 10.2. The Morgan fingerprint density at radius 3 is 2.93 bits per heavy atom. The van der Waals surface area contributed by atoms with E-state index in [0.29, 0.717) is 6.04 Å². The summed E-state index contributed by atoms with van der Waals surface area (Å²) in [6.07, 6.45) is 0. The molecule has 1 aromatic carbocycles. The summed E-state index contributed by atoms with van der Waals surface area (Å²) in [5, 5.41) is 3.45. The van der Waals surface area contributed by atoms with Gasteiger partial charge in [0.15, 0.2) is 0 Å². The maximum atomic E-state index is 5.18. The van der Waals surface area contributed by atoms with Crippen LogP contribution in [0.3, 0.4) is 0 Å². The van der Waals surface area contributed by atoms with Gasteiger partial charge in [0.25, 0.3) is 0 Å². The van der Waals surface area contributed by atoms with Crippen LogP contribution in [0.4, 0.5) is 5.69 Å². The SMILES string of the molecule is COCC1CN(c2ccccc2)CCN1. The molecule has 82 valence electrons. The number of para-hydroxylation sites is 1. The van der Waals surface area contributed by atoms with Crippen LogP contribution in [0.1, 0.15) is 0 Å². The van der Waals surface area contributed by atoms with Crippen molar-refractivity contribution < 1.29 is 4.74 Å². The monoisotopic (exact) mass is 206 g/mol. The number of rotatable bonds is 3. The van der Waals surface area contributed by atoms with Crippen molar-refractivity contribution in [1.82, 2.24) is 5.32 Å². The van der Waals surface area contributed by atoms with E-state index in [1.54, 1.807) is 7.11 Å². The van der Waals surface area contributed by atoms with Gasteiger partial charge in [-0.3, -0.25) is 0 Å². The van der Waals surface area contributed by atoms with Crippen LogP contribution in [0.2, 0.25) is 0 Å². The third-order valence-electron chi connectivity index (χ3n) is 2.74. The lowest BCUT2D eigenvalue weighted by molar-refractivity contribution is 0.163. The zero-order valence-corrected chi connectivity index (χ0v) is 9.15. The highest BCUT2D eigenvalue weighted by molar-refractivity contribution is 5.46. The summed E-state index contributed by atoms with van der Waals surface area (Å²) in [6.45, 7) is 3.91. The molecule has 1 saturated heterocycles. The highest BCUT2D eigenvalue weighted by atomic mass is 16.5. The minimum absolute atomic E-state index is 0.448. The molecule has 3 nitrogen and oxygen atoms in total. The number of hydrogen-bond acceptors (Lipinski definition) is 3. The molecule has 1 atom stereocenters. The van der Waals surface area contributed by atoms with E-state index >= 15 is 0 Å². The standard InChI is InChI=1S/C12H18N2O/c1-15-10-11-9-14(8-7-13-11)12-5-3-2-4-6-12/h2-6,11,13H,7-10H2,1H3. The van der Waals surface area contributed by atoms with Crippen molar-refractivity contribution >= 4 is 5.69 Å². The molecule has 3 heteroatoms. The lowest BCUT2D eigenvalue weighted by Gasteiger charge is -2.34. The van der Waals surface area contributed by atoms with E-state index in [9.17, 15) is 0 Å². The van der Waals surface area contributed by atoms with E-state index < -0.39 is 0 Å². The van der Waals surface area contributed by atoms with Gasteiger partial charge in [-0.2, -0.15) is 0 Å². The van der Waals surface area contributed by atoms with Gasteiger partial charge in [-0.05, 0) is 12.1 Å². The molecule has 1 unspecified atom stereocenters. The maximum Gasteiger partial charge on any atom is 0.0633 e. The maximum absolute atomic E-state index is 5.18. The van der Waals surface area contributed by atoms with Gasteiger partial charge in [-0.25, -0.2) is 0 Å². The fourth-order valence-corrected chi connectivity index (χ4v) is 2.01. The van der Waals surface area contributed by atoms with Crippen molar-refractivity contribution in [2.45, 2.75) is 6.04 Å². The minimum atomic E-state index is 0.448. The van der Waals surface area contributed by atoms with Gasteiger partial charge in [0.1, 0.15) is 0 Å². The van der Waals surface area contributed by atoms with Crippen LogP contribution in [0, 0.1) is 0 Å². The van der Waals surface area contributed by atoms with Gasteiger partial charge < -0.3 is 15.0 Å². The smallest absolute Gasteiger partial charge is 0.0633 e. The van der Waals surface area contributed by atoms with E-state index in [1.165, 1.54) is 5.69 Å². The first-order valence-corrected chi connectivity index (χ1v) is 5.42. The predicted molar refractivity (Wildman–Crippen MR) is 62.3 cm³/mol. The summed E-state index contributed by atoms with van der Waals surface area (Å²) in [5.41, 5.74) is 1.31. The average Bonchev–Trinajstić information content (AvgIpc) is 2.31. The van der Waals surface area contributed by atoms with Gasteiger partial charge in [-0.15, -0.1) is 0 Å².